The lowest BCUT2D eigenvalue weighted by molar-refractivity contribution is 0.0943. The monoisotopic (exact) mass is 286 g/mol. The molecule has 0 radical (unpaired) electrons. The molecule has 1 fully saturated rings. The lowest BCUT2D eigenvalue weighted by Crippen LogP contribution is -2.37. The second-order valence-corrected chi connectivity index (χ2v) is 5.53. The number of hydrogen-bond donors (Lipinski definition) is 2. The molecule has 19 heavy (non-hydrogen) atoms. The largest absolute Gasteiger partial charge is 0.389 e. The number of halogens is 1. The number of morpholine rings is 1. The molecule has 0 spiro atoms. The van der Waals surface area contributed by atoms with E-state index < -0.39 is 5.60 Å². The van der Waals surface area contributed by atoms with Gasteiger partial charge in [-0.05, 0) is 13.8 Å². The fraction of sp³-hybridized carbons (Fsp3) is 0.667. The number of aromatic nitrogens is 2. The normalized spacial score (nSPS) is 16.5. The molecular weight excluding hydrogens is 268 g/mol. The maximum atomic E-state index is 9.69. The highest BCUT2D eigenvalue weighted by molar-refractivity contribution is 6.29. The van der Waals surface area contributed by atoms with E-state index in [1.54, 1.807) is 19.9 Å². The SMILES string of the molecule is CC(C)(O)CNc1nc(Cl)cc(N2CCOCC2)n1. The van der Waals surface area contributed by atoms with E-state index in [0.717, 1.165) is 18.9 Å². The molecule has 7 heteroatoms. The molecule has 1 aliphatic heterocycles. The van der Waals surface area contributed by atoms with E-state index in [2.05, 4.69) is 20.2 Å². The zero-order valence-electron chi connectivity index (χ0n) is 11.2. The molecular formula is C12H19ClN4O2. The molecule has 0 bridgehead atoms. The highest BCUT2D eigenvalue weighted by Gasteiger charge is 2.16. The quantitative estimate of drug-likeness (QED) is 0.809. The van der Waals surface area contributed by atoms with Crippen molar-refractivity contribution in [3.8, 4) is 0 Å². The van der Waals surface area contributed by atoms with Gasteiger partial charge in [0.2, 0.25) is 5.95 Å². The first-order valence-electron chi connectivity index (χ1n) is 6.27. The van der Waals surface area contributed by atoms with Crippen LogP contribution in [0.3, 0.4) is 0 Å². The summed E-state index contributed by atoms with van der Waals surface area (Å²) in [7, 11) is 0. The smallest absolute Gasteiger partial charge is 0.226 e. The van der Waals surface area contributed by atoms with Crippen LogP contribution >= 0.6 is 11.6 Å². The molecule has 1 aromatic heterocycles. The molecule has 1 saturated heterocycles. The minimum Gasteiger partial charge on any atom is -0.389 e. The summed E-state index contributed by atoms with van der Waals surface area (Å²) in [5.74, 6) is 1.21. The van der Waals surface area contributed by atoms with Crippen LogP contribution in [0, 0.1) is 0 Å². The van der Waals surface area contributed by atoms with Crippen LogP contribution in [0.1, 0.15) is 13.8 Å². The van der Waals surface area contributed by atoms with Gasteiger partial charge >= 0.3 is 0 Å². The van der Waals surface area contributed by atoms with Crippen molar-refractivity contribution in [1.29, 1.82) is 0 Å². The molecule has 0 saturated carbocycles. The van der Waals surface area contributed by atoms with Gasteiger partial charge in [0.25, 0.3) is 0 Å². The third kappa shape index (κ3) is 4.49. The van der Waals surface area contributed by atoms with Crippen LogP contribution in [0.15, 0.2) is 6.07 Å². The molecule has 6 nitrogen and oxygen atoms in total. The Labute approximate surface area is 117 Å². The minimum atomic E-state index is -0.829. The van der Waals surface area contributed by atoms with Crippen LogP contribution in [0.2, 0.25) is 5.15 Å². The molecule has 0 amide bonds. The molecule has 1 aliphatic rings. The Morgan fingerprint density at radius 3 is 2.74 bits per heavy atom. The molecule has 106 valence electrons. The summed E-state index contributed by atoms with van der Waals surface area (Å²) in [4.78, 5) is 10.6. The number of aliphatic hydroxyl groups is 1. The Hall–Kier alpha value is -1.11. The molecule has 1 aromatic rings. The summed E-state index contributed by atoms with van der Waals surface area (Å²) < 4.78 is 5.31. The van der Waals surface area contributed by atoms with Crippen molar-refractivity contribution in [2.24, 2.45) is 0 Å². The predicted molar refractivity (Wildman–Crippen MR) is 74.9 cm³/mol. The average molecular weight is 287 g/mol. The Balaban J connectivity index is 2.10. The molecule has 0 aliphatic carbocycles. The van der Waals surface area contributed by atoms with E-state index in [1.807, 2.05) is 0 Å². The summed E-state index contributed by atoms with van der Waals surface area (Å²) in [6.45, 7) is 6.75. The highest BCUT2D eigenvalue weighted by Crippen LogP contribution is 2.19. The summed E-state index contributed by atoms with van der Waals surface area (Å²) in [6.07, 6.45) is 0. The molecule has 0 atom stereocenters. The zero-order chi connectivity index (χ0) is 13.9. The van der Waals surface area contributed by atoms with Gasteiger partial charge in [-0.15, -0.1) is 0 Å². The van der Waals surface area contributed by atoms with Gasteiger partial charge in [-0.3, -0.25) is 0 Å². The minimum absolute atomic E-state index is 0.357. The third-order valence-corrected chi connectivity index (χ3v) is 2.89. The van der Waals surface area contributed by atoms with E-state index in [-0.39, 0.29) is 0 Å². The number of anilines is 2. The van der Waals surface area contributed by atoms with Crippen LogP contribution in [-0.4, -0.2) is 53.5 Å². The first-order valence-corrected chi connectivity index (χ1v) is 6.65. The van der Waals surface area contributed by atoms with Crippen LogP contribution < -0.4 is 10.2 Å². The fourth-order valence-corrected chi connectivity index (χ4v) is 1.91. The third-order valence-electron chi connectivity index (χ3n) is 2.70. The topological polar surface area (TPSA) is 70.5 Å². The van der Waals surface area contributed by atoms with Crippen LogP contribution in [0.25, 0.3) is 0 Å². The van der Waals surface area contributed by atoms with Gasteiger partial charge in [0.15, 0.2) is 0 Å². The van der Waals surface area contributed by atoms with Crippen LogP contribution in [0.4, 0.5) is 11.8 Å². The van der Waals surface area contributed by atoms with Gasteiger partial charge in [0, 0.05) is 25.7 Å². The van der Waals surface area contributed by atoms with E-state index in [1.165, 1.54) is 0 Å². The first kappa shape index (κ1) is 14.3. The van der Waals surface area contributed by atoms with Crippen molar-refractivity contribution < 1.29 is 9.84 Å². The van der Waals surface area contributed by atoms with Gasteiger partial charge in [-0.1, -0.05) is 11.6 Å². The van der Waals surface area contributed by atoms with Gasteiger partial charge in [0.05, 0.1) is 18.8 Å². The van der Waals surface area contributed by atoms with E-state index >= 15 is 0 Å². The van der Waals surface area contributed by atoms with Gasteiger partial charge in [-0.25, -0.2) is 4.98 Å². The predicted octanol–water partition coefficient (Wildman–Crippen LogP) is 1.15. The molecule has 2 heterocycles. The van der Waals surface area contributed by atoms with Crippen LogP contribution in [-0.2, 0) is 4.74 Å². The summed E-state index contributed by atoms with van der Waals surface area (Å²) in [5, 5.41) is 13.1. The Bertz CT molecular complexity index is 430. The standard InChI is InChI=1S/C12H19ClN4O2/c1-12(2,18)8-14-11-15-9(13)7-10(16-11)17-3-5-19-6-4-17/h7,18H,3-6,8H2,1-2H3,(H,14,15,16). The zero-order valence-corrected chi connectivity index (χ0v) is 11.9. The average Bonchev–Trinajstić information content (AvgIpc) is 2.36. The number of rotatable bonds is 4. The first-order chi connectivity index (χ1) is 8.94. The second-order valence-electron chi connectivity index (χ2n) is 5.14. The molecule has 0 unspecified atom stereocenters. The fourth-order valence-electron chi connectivity index (χ4n) is 1.73. The number of nitrogens with zero attached hydrogens (tertiary/aromatic N) is 3. The van der Waals surface area contributed by atoms with E-state index in [9.17, 15) is 5.11 Å². The molecule has 2 rings (SSSR count). The van der Waals surface area contributed by atoms with Crippen molar-refractivity contribution in [2.75, 3.05) is 43.1 Å². The van der Waals surface area contributed by atoms with Crippen molar-refractivity contribution in [2.45, 2.75) is 19.4 Å². The van der Waals surface area contributed by atoms with Gasteiger partial charge in [0.1, 0.15) is 11.0 Å². The molecule has 0 aromatic carbocycles. The highest BCUT2D eigenvalue weighted by atomic mass is 35.5. The van der Waals surface area contributed by atoms with Crippen molar-refractivity contribution >= 4 is 23.4 Å². The Morgan fingerprint density at radius 1 is 1.42 bits per heavy atom. The van der Waals surface area contributed by atoms with E-state index in [4.69, 9.17) is 16.3 Å². The summed E-state index contributed by atoms with van der Waals surface area (Å²) >= 11 is 6.01. The summed E-state index contributed by atoms with van der Waals surface area (Å²) in [6, 6.07) is 1.74. The maximum absolute atomic E-state index is 9.69. The number of hydrogen-bond acceptors (Lipinski definition) is 6. The van der Waals surface area contributed by atoms with E-state index in [0.29, 0.717) is 30.9 Å². The van der Waals surface area contributed by atoms with Gasteiger partial charge in [-0.2, -0.15) is 4.98 Å². The lowest BCUT2D eigenvalue weighted by Gasteiger charge is -2.28. The van der Waals surface area contributed by atoms with Crippen LogP contribution in [0.5, 0.6) is 0 Å². The van der Waals surface area contributed by atoms with Crippen molar-refractivity contribution in [3.63, 3.8) is 0 Å². The number of ether oxygens (including phenoxy) is 1. The Morgan fingerprint density at radius 2 is 2.11 bits per heavy atom. The second kappa shape index (κ2) is 5.90. The maximum Gasteiger partial charge on any atom is 0.226 e. The summed E-state index contributed by atoms with van der Waals surface area (Å²) in [5.41, 5.74) is -0.829. The Kier molecular flexibility index (Phi) is 4.44. The number of nitrogens with one attached hydrogen (secondary N) is 1. The molecule has 2 N–H and O–H groups in total. The van der Waals surface area contributed by atoms with Crippen molar-refractivity contribution in [3.05, 3.63) is 11.2 Å². The van der Waals surface area contributed by atoms with Gasteiger partial charge < -0.3 is 20.1 Å². The van der Waals surface area contributed by atoms with Crippen molar-refractivity contribution in [1.82, 2.24) is 9.97 Å². The lowest BCUT2D eigenvalue weighted by atomic mass is 10.1.